The highest BCUT2D eigenvalue weighted by Gasteiger charge is 2.37. The van der Waals surface area contributed by atoms with E-state index in [2.05, 4.69) is 0 Å². The molecule has 1 aliphatic carbocycles. The normalized spacial score (nSPS) is 15.8. The van der Waals surface area contributed by atoms with Gasteiger partial charge in [0.05, 0.1) is 18.8 Å². The van der Waals surface area contributed by atoms with Crippen molar-refractivity contribution in [3.8, 4) is 11.5 Å². The van der Waals surface area contributed by atoms with E-state index < -0.39 is 34.9 Å². The Morgan fingerprint density at radius 2 is 1.77 bits per heavy atom. The summed E-state index contributed by atoms with van der Waals surface area (Å²) in [7, 11) is 1.34. The Bertz CT molecular complexity index is 686. The molecule has 0 saturated heterocycles. The van der Waals surface area contributed by atoms with Crippen molar-refractivity contribution < 1.29 is 34.8 Å². The number of fused-ring (bicyclic) bond motifs is 1. The Kier molecular flexibility index (Phi) is 4.09. The number of phenols is 1. The van der Waals surface area contributed by atoms with E-state index in [9.17, 15) is 30.0 Å². The largest absolute Gasteiger partial charge is 0.507 e. The van der Waals surface area contributed by atoms with Crippen molar-refractivity contribution >= 4 is 17.3 Å². The van der Waals surface area contributed by atoms with Crippen LogP contribution in [0.4, 0.5) is 0 Å². The maximum Gasteiger partial charge on any atom is 0.271 e. The number of aromatic hydroxyl groups is 1. The topological polar surface area (TPSA) is 124 Å². The first-order chi connectivity index (χ1) is 10.3. The molecule has 22 heavy (non-hydrogen) atoms. The maximum atomic E-state index is 12.0. The number of phenolic OH excluding ortho intramolecular Hbond substituents is 1. The molecule has 0 aliphatic heterocycles. The number of ketones is 2. The zero-order valence-corrected chi connectivity index (χ0v) is 12.1. The lowest BCUT2D eigenvalue weighted by atomic mass is 9.88. The first-order valence-corrected chi connectivity index (χ1v) is 6.62. The Labute approximate surface area is 126 Å². The first kappa shape index (κ1) is 15.8. The molecule has 0 spiro atoms. The Morgan fingerprint density at radius 1 is 1.14 bits per heavy atom. The van der Waals surface area contributed by atoms with Crippen LogP contribution in [0, 0.1) is 0 Å². The van der Waals surface area contributed by atoms with Crippen molar-refractivity contribution in [1.82, 2.24) is 0 Å². The van der Waals surface area contributed by atoms with Gasteiger partial charge in [0, 0.05) is 11.1 Å². The number of allylic oxidation sites excluding steroid dienone is 1. The van der Waals surface area contributed by atoms with E-state index in [1.165, 1.54) is 13.2 Å². The van der Waals surface area contributed by atoms with Crippen LogP contribution in [-0.4, -0.2) is 45.2 Å². The third-order valence-electron chi connectivity index (χ3n) is 3.52. The number of rotatable bonds is 4. The van der Waals surface area contributed by atoms with Crippen LogP contribution in [-0.2, 0) is 11.2 Å². The lowest BCUT2D eigenvalue weighted by Gasteiger charge is -2.20. The lowest BCUT2D eigenvalue weighted by molar-refractivity contribution is -0.114. The molecule has 0 radical (unpaired) electrons. The zero-order chi connectivity index (χ0) is 16.6. The molecule has 0 saturated carbocycles. The average Bonchev–Trinajstić information content (AvgIpc) is 2.48. The van der Waals surface area contributed by atoms with Crippen LogP contribution in [0.25, 0.3) is 5.76 Å². The predicted octanol–water partition coefficient (Wildman–Crippen LogP) is 1.26. The highest BCUT2D eigenvalue weighted by Crippen LogP contribution is 2.40. The molecule has 7 nitrogen and oxygen atoms in total. The molecule has 4 N–H and O–H groups in total. The molecule has 7 heteroatoms. The average molecular weight is 308 g/mol. The van der Waals surface area contributed by atoms with Crippen molar-refractivity contribution in [1.29, 1.82) is 0 Å². The third-order valence-corrected chi connectivity index (χ3v) is 3.52. The van der Waals surface area contributed by atoms with E-state index in [0.29, 0.717) is 6.42 Å². The van der Waals surface area contributed by atoms with E-state index in [4.69, 9.17) is 4.74 Å². The molecule has 118 valence electrons. The third kappa shape index (κ3) is 2.39. The molecular formula is C15H16O7. The van der Waals surface area contributed by atoms with Gasteiger partial charge in [-0.05, 0) is 25.8 Å². The molecule has 0 heterocycles. The van der Waals surface area contributed by atoms with Gasteiger partial charge >= 0.3 is 0 Å². The number of carbonyl (C=O) groups is 2. The summed E-state index contributed by atoms with van der Waals surface area (Å²) in [4.78, 5) is 23.6. The van der Waals surface area contributed by atoms with Crippen LogP contribution >= 0.6 is 0 Å². The minimum atomic E-state index is -1.29. The van der Waals surface area contributed by atoms with Crippen LogP contribution in [0.15, 0.2) is 11.8 Å². The summed E-state index contributed by atoms with van der Waals surface area (Å²) < 4.78 is 5.12. The van der Waals surface area contributed by atoms with E-state index in [0.717, 1.165) is 0 Å². The van der Waals surface area contributed by atoms with Crippen molar-refractivity contribution in [2.45, 2.75) is 25.9 Å². The number of aliphatic hydroxyl groups excluding tert-OH is 3. The summed E-state index contributed by atoms with van der Waals surface area (Å²) in [5.41, 5.74) is -0.295. The standard InChI is InChI=1S/C15H16O7/c1-6(16)3-4-7-9(22-2)5-8-10(11(7)17)13(19)15(21)14(20)12(8)18/h5-6,16-18,20H,3-4H2,1-2H3. The number of hydrogen-bond acceptors (Lipinski definition) is 7. The fourth-order valence-electron chi connectivity index (χ4n) is 2.34. The highest BCUT2D eigenvalue weighted by molar-refractivity contribution is 6.52. The summed E-state index contributed by atoms with van der Waals surface area (Å²) >= 11 is 0. The first-order valence-electron chi connectivity index (χ1n) is 6.62. The molecule has 0 aromatic heterocycles. The molecule has 0 bridgehead atoms. The van der Waals surface area contributed by atoms with Crippen molar-refractivity contribution in [2.24, 2.45) is 0 Å². The molecule has 1 aromatic rings. The molecule has 1 unspecified atom stereocenters. The number of aliphatic hydroxyl groups is 3. The second kappa shape index (κ2) is 5.69. The summed E-state index contributed by atoms with van der Waals surface area (Å²) in [5.74, 6) is -4.55. The number of hydrogen-bond donors (Lipinski definition) is 4. The SMILES string of the molecule is COc1cc2c(c(O)c1CCC(C)O)C(=O)C(=O)C(O)=C2O. The molecule has 1 aromatic carbocycles. The highest BCUT2D eigenvalue weighted by atomic mass is 16.5. The van der Waals surface area contributed by atoms with E-state index in [-0.39, 0.29) is 28.9 Å². The molecule has 0 amide bonds. The smallest absolute Gasteiger partial charge is 0.271 e. The Morgan fingerprint density at radius 3 is 2.32 bits per heavy atom. The minimum absolute atomic E-state index is 0.169. The number of carbonyl (C=O) groups excluding carboxylic acids is 2. The fraction of sp³-hybridized carbons (Fsp3) is 0.333. The molecule has 0 fully saturated rings. The lowest BCUT2D eigenvalue weighted by Crippen LogP contribution is -2.24. The van der Waals surface area contributed by atoms with Crippen molar-refractivity contribution in [2.75, 3.05) is 7.11 Å². The van der Waals surface area contributed by atoms with Crippen LogP contribution in [0.3, 0.4) is 0 Å². The Balaban J connectivity index is 2.68. The second-order valence-electron chi connectivity index (χ2n) is 5.07. The minimum Gasteiger partial charge on any atom is -0.507 e. The van der Waals surface area contributed by atoms with Crippen molar-refractivity contribution in [3.05, 3.63) is 28.5 Å². The molecular weight excluding hydrogens is 292 g/mol. The van der Waals surface area contributed by atoms with Crippen LogP contribution in [0.2, 0.25) is 0 Å². The van der Waals surface area contributed by atoms with Gasteiger partial charge in [0.15, 0.2) is 5.76 Å². The van der Waals surface area contributed by atoms with Crippen LogP contribution in [0.5, 0.6) is 11.5 Å². The van der Waals surface area contributed by atoms with Gasteiger partial charge in [-0.3, -0.25) is 9.59 Å². The van der Waals surface area contributed by atoms with E-state index in [1.54, 1.807) is 6.92 Å². The number of methoxy groups -OCH3 is 1. The maximum absolute atomic E-state index is 12.0. The van der Waals surface area contributed by atoms with Crippen LogP contribution < -0.4 is 4.74 Å². The van der Waals surface area contributed by atoms with Crippen LogP contribution in [0.1, 0.15) is 34.8 Å². The summed E-state index contributed by atoms with van der Waals surface area (Å²) in [5, 5.41) is 38.9. The van der Waals surface area contributed by atoms with E-state index >= 15 is 0 Å². The summed E-state index contributed by atoms with van der Waals surface area (Å²) in [6, 6.07) is 1.27. The van der Waals surface area contributed by atoms with Gasteiger partial charge in [-0.25, -0.2) is 0 Å². The van der Waals surface area contributed by atoms with E-state index in [1.807, 2.05) is 0 Å². The van der Waals surface area contributed by atoms with Gasteiger partial charge in [-0.2, -0.15) is 0 Å². The van der Waals surface area contributed by atoms with Crippen molar-refractivity contribution in [3.63, 3.8) is 0 Å². The van der Waals surface area contributed by atoms with Gasteiger partial charge in [-0.15, -0.1) is 0 Å². The Hall–Kier alpha value is -2.54. The van der Waals surface area contributed by atoms with Gasteiger partial charge in [0.2, 0.25) is 11.5 Å². The number of benzene rings is 1. The summed E-state index contributed by atoms with van der Waals surface area (Å²) in [6.07, 6.45) is -0.120. The molecule has 1 aliphatic rings. The molecule has 2 rings (SSSR count). The quantitative estimate of drug-likeness (QED) is 0.617. The van der Waals surface area contributed by atoms with Gasteiger partial charge in [0.1, 0.15) is 11.5 Å². The zero-order valence-electron chi connectivity index (χ0n) is 12.1. The van der Waals surface area contributed by atoms with Gasteiger partial charge in [0.25, 0.3) is 5.78 Å². The fourth-order valence-corrected chi connectivity index (χ4v) is 2.34. The number of ether oxygens (including phenoxy) is 1. The van der Waals surface area contributed by atoms with Gasteiger partial charge < -0.3 is 25.2 Å². The number of Topliss-reactive ketones (excluding diaryl/α,β-unsaturated/α-hetero) is 2. The monoisotopic (exact) mass is 308 g/mol. The van der Waals surface area contributed by atoms with Gasteiger partial charge in [-0.1, -0.05) is 0 Å². The second-order valence-corrected chi connectivity index (χ2v) is 5.07. The predicted molar refractivity (Wildman–Crippen MR) is 76.2 cm³/mol. The summed E-state index contributed by atoms with van der Waals surface area (Å²) in [6.45, 7) is 1.57. The molecule has 1 atom stereocenters.